The molecule has 0 aromatic heterocycles. The van der Waals surface area contributed by atoms with Crippen molar-refractivity contribution in [1.82, 2.24) is 0 Å². The summed E-state index contributed by atoms with van der Waals surface area (Å²) in [5.41, 5.74) is 1.71. The van der Waals surface area contributed by atoms with Crippen LogP contribution in [0.3, 0.4) is 0 Å². The first-order valence-electron chi connectivity index (χ1n) is 10.4. The Morgan fingerprint density at radius 2 is 1.16 bits per heavy atom. The number of aromatic hydroxyl groups is 2. The molecule has 0 bridgehead atoms. The zero-order valence-corrected chi connectivity index (χ0v) is 17.9. The van der Waals surface area contributed by atoms with Crippen LogP contribution in [0.15, 0.2) is 34.3 Å². The maximum Gasteiger partial charge on any atom is 0.335 e. The van der Waals surface area contributed by atoms with Gasteiger partial charge in [-0.25, -0.2) is 9.59 Å². The Kier molecular flexibility index (Phi) is 6.92. The Morgan fingerprint density at radius 3 is 1.50 bits per heavy atom. The van der Waals surface area contributed by atoms with Gasteiger partial charge in [0.15, 0.2) is 0 Å². The quantitative estimate of drug-likeness (QED) is 0.503. The minimum Gasteiger partial charge on any atom is -0.507 e. The highest BCUT2D eigenvalue weighted by atomic mass is 16.4. The van der Waals surface area contributed by atoms with Gasteiger partial charge in [-0.15, -0.1) is 0 Å². The van der Waals surface area contributed by atoms with Crippen molar-refractivity contribution in [3.05, 3.63) is 57.6 Å². The van der Waals surface area contributed by atoms with Gasteiger partial charge in [0.2, 0.25) is 0 Å². The molecule has 1 saturated carbocycles. The number of benzene rings is 2. The molecule has 4 N–H and O–H groups in total. The third kappa shape index (κ3) is 5.14. The Balaban J connectivity index is 1.86. The molecule has 3 rings (SSSR count). The molecule has 8 nitrogen and oxygen atoms in total. The van der Waals surface area contributed by atoms with Crippen LogP contribution in [0.25, 0.3) is 0 Å². The lowest BCUT2D eigenvalue weighted by Crippen LogP contribution is -2.27. The van der Waals surface area contributed by atoms with Gasteiger partial charge in [-0.05, 0) is 62.1 Å². The van der Waals surface area contributed by atoms with E-state index in [1.165, 1.54) is 36.7 Å². The highest BCUT2D eigenvalue weighted by Crippen LogP contribution is 2.27. The standard InChI is InChI=1S/C24H26N2O6/c1-13-7-15(23(29)30)9-17(21(13)27)11-25-19-5-3-4-6-20(19)26-12-18-10-16(24(31)32)8-14(2)22(18)28/h7-12,19-20,27-28H,3-6H2,1-2H3,(H,29,30)(H,31,32). The summed E-state index contributed by atoms with van der Waals surface area (Å²) in [6.45, 7) is 3.26. The van der Waals surface area contributed by atoms with E-state index in [4.69, 9.17) is 0 Å². The second-order valence-corrected chi connectivity index (χ2v) is 8.05. The molecule has 0 amide bonds. The number of carbonyl (C=O) groups is 2. The normalized spacial score (nSPS) is 18.9. The summed E-state index contributed by atoms with van der Waals surface area (Å²) in [7, 11) is 0. The van der Waals surface area contributed by atoms with E-state index in [-0.39, 0.29) is 34.7 Å². The minimum absolute atomic E-state index is 0.0134. The SMILES string of the molecule is Cc1cc(C(=O)O)cc(C=NC2CCCCC2N=Cc2cc(C(=O)O)cc(C)c2O)c1O. The topological polar surface area (TPSA) is 140 Å². The predicted octanol–water partition coefficient (Wildman–Crippen LogP) is 3.96. The molecule has 2 aromatic carbocycles. The number of rotatable bonds is 6. The number of carboxylic acid groups (broad SMARTS) is 2. The van der Waals surface area contributed by atoms with Crippen molar-refractivity contribution >= 4 is 24.4 Å². The van der Waals surface area contributed by atoms with Crippen molar-refractivity contribution in [2.75, 3.05) is 0 Å². The number of aliphatic imine (C=N–C) groups is 2. The number of aromatic carboxylic acids is 2. The van der Waals surface area contributed by atoms with Gasteiger partial charge in [-0.1, -0.05) is 12.8 Å². The van der Waals surface area contributed by atoms with Crippen LogP contribution in [0.2, 0.25) is 0 Å². The first kappa shape index (κ1) is 23.0. The molecule has 0 saturated heterocycles. The van der Waals surface area contributed by atoms with Crippen molar-refractivity contribution < 1.29 is 30.0 Å². The Bertz CT molecular complexity index is 1020. The summed E-state index contributed by atoms with van der Waals surface area (Å²) < 4.78 is 0. The Hall–Kier alpha value is -3.68. The number of phenols is 2. The fourth-order valence-corrected chi connectivity index (χ4v) is 3.85. The lowest BCUT2D eigenvalue weighted by molar-refractivity contribution is 0.0686. The number of nitrogens with zero attached hydrogens (tertiary/aromatic N) is 2. The molecular weight excluding hydrogens is 412 g/mol. The molecule has 168 valence electrons. The summed E-state index contributed by atoms with van der Waals surface area (Å²) in [6.07, 6.45) is 6.45. The van der Waals surface area contributed by atoms with Crippen LogP contribution >= 0.6 is 0 Å². The molecule has 2 unspecified atom stereocenters. The van der Waals surface area contributed by atoms with Crippen LogP contribution in [0.5, 0.6) is 11.5 Å². The predicted molar refractivity (Wildman–Crippen MR) is 121 cm³/mol. The number of hydrogen-bond acceptors (Lipinski definition) is 6. The van der Waals surface area contributed by atoms with Crippen LogP contribution in [0.1, 0.15) is 68.7 Å². The summed E-state index contributed by atoms with van der Waals surface area (Å²) in [4.78, 5) is 31.8. The molecule has 0 aliphatic heterocycles. The fraction of sp³-hybridized carbons (Fsp3) is 0.333. The molecule has 32 heavy (non-hydrogen) atoms. The van der Waals surface area contributed by atoms with Gasteiger partial charge in [-0.3, -0.25) is 9.98 Å². The van der Waals surface area contributed by atoms with E-state index in [1.54, 1.807) is 13.8 Å². The fourth-order valence-electron chi connectivity index (χ4n) is 3.85. The van der Waals surface area contributed by atoms with Crippen molar-refractivity contribution in [3.8, 4) is 11.5 Å². The maximum absolute atomic E-state index is 11.3. The van der Waals surface area contributed by atoms with E-state index in [9.17, 15) is 30.0 Å². The molecular formula is C24H26N2O6. The molecule has 0 radical (unpaired) electrons. The monoisotopic (exact) mass is 438 g/mol. The Labute approximate surface area is 185 Å². The lowest BCUT2D eigenvalue weighted by atomic mass is 9.91. The van der Waals surface area contributed by atoms with Gasteiger partial charge in [0.25, 0.3) is 0 Å². The number of phenolic OH excluding ortho intramolecular Hbond substituents is 2. The summed E-state index contributed by atoms with van der Waals surface area (Å²) in [6, 6.07) is 5.21. The van der Waals surface area contributed by atoms with E-state index in [1.807, 2.05) is 0 Å². The highest BCUT2D eigenvalue weighted by Gasteiger charge is 2.24. The smallest absolute Gasteiger partial charge is 0.335 e. The van der Waals surface area contributed by atoms with Crippen molar-refractivity contribution in [2.24, 2.45) is 9.98 Å². The van der Waals surface area contributed by atoms with Gasteiger partial charge in [0, 0.05) is 23.6 Å². The summed E-state index contributed by atoms with van der Waals surface area (Å²) in [5.74, 6) is -2.19. The maximum atomic E-state index is 11.3. The van der Waals surface area contributed by atoms with Gasteiger partial charge in [-0.2, -0.15) is 0 Å². The van der Waals surface area contributed by atoms with Crippen molar-refractivity contribution in [2.45, 2.75) is 51.6 Å². The number of aryl methyl sites for hydroxylation is 2. The van der Waals surface area contributed by atoms with Gasteiger partial charge >= 0.3 is 11.9 Å². The first-order valence-corrected chi connectivity index (χ1v) is 10.4. The molecule has 0 spiro atoms. The molecule has 1 aliphatic carbocycles. The van der Waals surface area contributed by atoms with E-state index in [0.29, 0.717) is 22.3 Å². The van der Waals surface area contributed by atoms with E-state index >= 15 is 0 Å². The third-order valence-electron chi connectivity index (χ3n) is 5.66. The average Bonchev–Trinajstić information content (AvgIpc) is 2.75. The van der Waals surface area contributed by atoms with Crippen LogP contribution in [0, 0.1) is 13.8 Å². The van der Waals surface area contributed by atoms with Crippen LogP contribution in [0.4, 0.5) is 0 Å². The van der Waals surface area contributed by atoms with Crippen molar-refractivity contribution in [1.29, 1.82) is 0 Å². The van der Waals surface area contributed by atoms with Crippen molar-refractivity contribution in [3.63, 3.8) is 0 Å². The first-order chi connectivity index (χ1) is 15.2. The second-order valence-electron chi connectivity index (χ2n) is 8.05. The van der Waals surface area contributed by atoms with Crippen LogP contribution < -0.4 is 0 Å². The minimum atomic E-state index is -1.08. The zero-order valence-electron chi connectivity index (χ0n) is 17.9. The zero-order chi connectivity index (χ0) is 23.4. The number of carboxylic acids is 2. The van der Waals surface area contributed by atoms with Gasteiger partial charge in [0.1, 0.15) is 11.5 Å². The van der Waals surface area contributed by atoms with E-state index in [0.717, 1.165) is 25.7 Å². The second kappa shape index (κ2) is 9.64. The Morgan fingerprint density at radius 1 is 0.781 bits per heavy atom. The van der Waals surface area contributed by atoms with Crippen LogP contribution in [-0.4, -0.2) is 56.9 Å². The molecule has 2 aromatic rings. The lowest BCUT2D eigenvalue weighted by Gasteiger charge is -2.25. The highest BCUT2D eigenvalue weighted by molar-refractivity contribution is 5.94. The van der Waals surface area contributed by atoms with Gasteiger partial charge in [0.05, 0.1) is 23.2 Å². The van der Waals surface area contributed by atoms with Gasteiger partial charge < -0.3 is 20.4 Å². The summed E-state index contributed by atoms with van der Waals surface area (Å²) in [5, 5.41) is 39.1. The molecule has 8 heteroatoms. The average molecular weight is 438 g/mol. The molecule has 1 aliphatic rings. The largest absolute Gasteiger partial charge is 0.507 e. The number of hydrogen-bond donors (Lipinski definition) is 4. The third-order valence-corrected chi connectivity index (χ3v) is 5.66. The summed E-state index contributed by atoms with van der Waals surface area (Å²) >= 11 is 0. The van der Waals surface area contributed by atoms with E-state index < -0.39 is 11.9 Å². The van der Waals surface area contributed by atoms with E-state index in [2.05, 4.69) is 9.98 Å². The molecule has 1 fully saturated rings. The van der Waals surface area contributed by atoms with Crippen LogP contribution in [-0.2, 0) is 0 Å². The molecule has 0 heterocycles. The molecule has 2 atom stereocenters.